The molecule has 2 heterocycles. The van der Waals surface area contributed by atoms with Gasteiger partial charge in [-0.25, -0.2) is 4.39 Å². The molecule has 3 heteroatoms. The van der Waals surface area contributed by atoms with Crippen LogP contribution in [0.5, 0.6) is 0 Å². The molecule has 0 atom stereocenters. The Morgan fingerprint density at radius 3 is 2.68 bits per heavy atom. The molecule has 0 saturated carbocycles. The Kier molecular flexibility index (Phi) is 2.03. The van der Waals surface area contributed by atoms with Gasteiger partial charge in [0, 0.05) is 16.3 Å². The Hall–Kier alpha value is -2.55. The molecule has 2 aromatic heterocycles. The van der Waals surface area contributed by atoms with Crippen molar-refractivity contribution in [3.05, 3.63) is 60.4 Å². The zero-order valence-electron chi connectivity index (χ0n) is 9.98. The molecule has 1 N–H and O–H groups in total. The van der Waals surface area contributed by atoms with Crippen LogP contribution in [0.2, 0.25) is 0 Å². The maximum Gasteiger partial charge on any atom is 0.151 e. The molecule has 0 saturated heterocycles. The van der Waals surface area contributed by atoms with E-state index in [2.05, 4.69) is 4.98 Å². The van der Waals surface area contributed by atoms with E-state index in [-0.39, 0.29) is 5.82 Å². The third-order valence-electron chi connectivity index (χ3n) is 3.27. The summed E-state index contributed by atoms with van der Waals surface area (Å²) in [6.45, 7) is 0. The molecular weight excluding hydrogens is 241 g/mol. The number of hydrogen-bond acceptors (Lipinski definition) is 1. The molecule has 19 heavy (non-hydrogen) atoms. The van der Waals surface area contributed by atoms with Crippen LogP contribution in [0.4, 0.5) is 4.39 Å². The van der Waals surface area contributed by atoms with Crippen molar-refractivity contribution in [1.82, 2.24) is 4.98 Å². The lowest BCUT2D eigenvalue weighted by Gasteiger charge is -1.89. The van der Waals surface area contributed by atoms with Gasteiger partial charge in [0.05, 0.1) is 5.69 Å². The summed E-state index contributed by atoms with van der Waals surface area (Å²) >= 11 is 0. The minimum Gasteiger partial charge on any atom is -0.455 e. The smallest absolute Gasteiger partial charge is 0.151 e. The van der Waals surface area contributed by atoms with Gasteiger partial charge in [0.2, 0.25) is 0 Å². The number of furan rings is 1. The Morgan fingerprint density at radius 1 is 0.895 bits per heavy atom. The molecule has 0 aliphatic rings. The van der Waals surface area contributed by atoms with E-state index in [4.69, 9.17) is 4.42 Å². The average Bonchev–Trinajstić information content (AvgIpc) is 3.00. The normalized spacial score (nSPS) is 11.4. The van der Waals surface area contributed by atoms with E-state index >= 15 is 0 Å². The van der Waals surface area contributed by atoms with Crippen LogP contribution in [0.1, 0.15) is 0 Å². The number of H-pyrrole nitrogens is 1. The van der Waals surface area contributed by atoms with Crippen LogP contribution >= 0.6 is 0 Å². The van der Waals surface area contributed by atoms with Gasteiger partial charge in [-0.3, -0.25) is 0 Å². The predicted octanol–water partition coefficient (Wildman–Crippen LogP) is 4.72. The summed E-state index contributed by atoms with van der Waals surface area (Å²) in [6.07, 6.45) is 0. The van der Waals surface area contributed by atoms with Gasteiger partial charge in [0.15, 0.2) is 5.76 Å². The third-order valence-corrected chi connectivity index (χ3v) is 3.27. The molecule has 0 unspecified atom stereocenters. The number of nitrogens with one attached hydrogen (secondary N) is 1. The van der Waals surface area contributed by atoms with E-state index in [1.165, 1.54) is 12.1 Å². The van der Waals surface area contributed by atoms with Crippen molar-refractivity contribution in [3.8, 4) is 11.5 Å². The van der Waals surface area contributed by atoms with E-state index in [9.17, 15) is 4.39 Å². The highest BCUT2D eigenvalue weighted by atomic mass is 19.1. The van der Waals surface area contributed by atoms with Crippen molar-refractivity contribution in [2.45, 2.75) is 0 Å². The van der Waals surface area contributed by atoms with Gasteiger partial charge in [-0.05, 0) is 36.4 Å². The van der Waals surface area contributed by atoms with Crippen LogP contribution < -0.4 is 0 Å². The van der Waals surface area contributed by atoms with Crippen molar-refractivity contribution < 1.29 is 8.81 Å². The first kappa shape index (κ1) is 10.4. The molecule has 0 bridgehead atoms. The largest absolute Gasteiger partial charge is 0.455 e. The van der Waals surface area contributed by atoms with Gasteiger partial charge in [-0.15, -0.1) is 0 Å². The Labute approximate surface area is 108 Å². The fourth-order valence-electron chi connectivity index (χ4n) is 2.35. The fourth-order valence-corrected chi connectivity index (χ4v) is 2.35. The number of aromatic amines is 1. The number of rotatable bonds is 1. The van der Waals surface area contributed by atoms with Gasteiger partial charge < -0.3 is 9.40 Å². The number of benzene rings is 2. The van der Waals surface area contributed by atoms with Crippen LogP contribution in [0, 0.1) is 5.82 Å². The summed E-state index contributed by atoms with van der Waals surface area (Å²) in [6, 6.07) is 16.4. The molecule has 0 spiro atoms. The Morgan fingerprint density at radius 2 is 1.79 bits per heavy atom. The summed E-state index contributed by atoms with van der Waals surface area (Å²) in [5.74, 6) is 0.528. The Bertz CT molecular complexity index is 855. The van der Waals surface area contributed by atoms with E-state index in [0.717, 1.165) is 33.3 Å². The van der Waals surface area contributed by atoms with Gasteiger partial charge >= 0.3 is 0 Å². The minimum atomic E-state index is -0.234. The molecule has 4 rings (SSSR count). The molecule has 0 aliphatic heterocycles. The van der Waals surface area contributed by atoms with Crippen LogP contribution in [0.3, 0.4) is 0 Å². The number of aromatic nitrogens is 1. The minimum absolute atomic E-state index is 0.234. The summed E-state index contributed by atoms with van der Waals surface area (Å²) in [4.78, 5) is 3.24. The molecule has 2 aromatic carbocycles. The van der Waals surface area contributed by atoms with Gasteiger partial charge in [-0.2, -0.15) is 0 Å². The number of fused-ring (bicyclic) bond motifs is 2. The molecular formula is C16H10FNO. The number of halogens is 1. The lowest BCUT2D eigenvalue weighted by molar-refractivity contribution is 0.629. The van der Waals surface area contributed by atoms with Crippen molar-refractivity contribution in [3.63, 3.8) is 0 Å². The third kappa shape index (κ3) is 1.63. The molecule has 0 aliphatic carbocycles. The first-order valence-electron chi connectivity index (χ1n) is 6.07. The van der Waals surface area contributed by atoms with Crippen molar-refractivity contribution in [1.29, 1.82) is 0 Å². The van der Waals surface area contributed by atoms with E-state index in [1.54, 1.807) is 6.07 Å². The highest BCUT2D eigenvalue weighted by molar-refractivity contribution is 5.88. The van der Waals surface area contributed by atoms with Crippen molar-refractivity contribution >= 4 is 21.9 Å². The first-order valence-corrected chi connectivity index (χ1v) is 6.07. The second kappa shape index (κ2) is 3.72. The van der Waals surface area contributed by atoms with E-state index < -0.39 is 0 Å². The van der Waals surface area contributed by atoms with E-state index in [0.29, 0.717) is 0 Å². The van der Waals surface area contributed by atoms with E-state index in [1.807, 2.05) is 36.4 Å². The molecule has 92 valence electrons. The van der Waals surface area contributed by atoms with Gasteiger partial charge in [0.1, 0.15) is 11.4 Å². The standard InChI is InChI=1S/C16H10FNO/c17-12-5-6-13-11(7-12)8-14(18-13)16-9-10-3-1-2-4-15(10)19-16/h1-9,18H. The van der Waals surface area contributed by atoms with Crippen LogP contribution in [-0.4, -0.2) is 4.98 Å². The lowest BCUT2D eigenvalue weighted by atomic mass is 10.2. The molecule has 4 aromatic rings. The quantitative estimate of drug-likeness (QED) is 0.521. The van der Waals surface area contributed by atoms with Crippen LogP contribution in [-0.2, 0) is 0 Å². The summed E-state index contributed by atoms with van der Waals surface area (Å²) < 4.78 is 19.0. The molecule has 0 radical (unpaired) electrons. The summed E-state index contributed by atoms with van der Waals surface area (Å²) in [5, 5.41) is 1.90. The van der Waals surface area contributed by atoms with Gasteiger partial charge in [0.25, 0.3) is 0 Å². The lowest BCUT2D eigenvalue weighted by Crippen LogP contribution is -1.72. The highest BCUT2D eigenvalue weighted by Gasteiger charge is 2.09. The maximum atomic E-state index is 13.2. The topological polar surface area (TPSA) is 28.9 Å². The van der Waals surface area contributed by atoms with Crippen LogP contribution in [0.25, 0.3) is 33.3 Å². The second-order valence-corrected chi connectivity index (χ2v) is 4.56. The second-order valence-electron chi connectivity index (χ2n) is 4.56. The zero-order valence-corrected chi connectivity index (χ0v) is 9.98. The average molecular weight is 251 g/mol. The van der Waals surface area contributed by atoms with Crippen molar-refractivity contribution in [2.24, 2.45) is 0 Å². The van der Waals surface area contributed by atoms with Gasteiger partial charge in [-0.1, -0.05) is 18.2 Å². The molecule has 0 fully saturated rings. The predicted molar refractivity (Wildman–Crippen MR) is 73.5 cm³/mol. The Balaban J connectivity index is 1.93. The molecule has 2 nitrogen and oxygen atoms in total. The summed E-state index contributed by atoms with van der Waals surface area (Å²) in [7, 11) is 0. The fraction of sp³-hybridized carbons (Fsp3) is 0. The zero-order chi connectivity index (χ0) is 12.8. The van der Waals surface area contributed by atoms with Crippen molar-refractivity contribution in [2.75, 3.05) is 0 Å². The summed E-state index contributed by atoms with van der Waals surface area (Å²) in [5.41, 5.74) is 2.61. The van der Waals surface area contributed by atoms with Crippen LogP contribution in [0.15, 0.2) is 59.0 Å². The number of hydrogen-bond donors (Lipinski definition) is 1. The maximum absolute atomic E-state index is 13.2. The molecule has 0 amide bonds. The first-order chi connectivity index (χ1) is 9.29. The SMILES string of the molecule is Fc1ccc2[nH]c(-c3cc4ccccc4o3)cc2c1. The monoisotopic (exact) mass is 251 g/mol. The number of para-hydroxylation sites is 1. The highest BCUT2D eigenvalue weighted by Crippen LogP contribution is 2.29.